The molecular formula is C18H28IN5. The molecule has 0 aliphatic carbocycles. The number of halogens is 1. The second-order valence-electron chi connectivity index (χ2n) is 5.43. The molecule has 2 rings (SSSR count). The maximum absolute atomic E-state index is 4.62. The standard InChI is InChI=1S/C18H27N5.HI/c1-2-20-18(22-12-7-14-23-15-13-19-16-23)21-11-6-10-17-8-4-3-5-9-17;/h3-5,8-9,13,15-16H,2,6-7,10-12,14H2,1H3,(H2,20,21,22);1H. The second kappa shape index (κ2) is 12.8. The van der Waals surface area contributed by atoms with Gasteiger partial charge < -0.3 is 15.2 Å². The van der Waals surface area contributed by atoms with Crippen LogP contribution in [0.2, 0.25) is 0 Å². The van der Waals surface area contributed by atoms with E-state index >= 15 is 0 Å². The van der Waals surface area contributed by atoms with Crippen LogP contribution in [0.3, 0.4) is 0 Å². The molecule has 0 aliphatic heterocycles. The number of imidazole rings is 1. The van der Waals surface area contributed by atoms with E-state index in [-0.39, 0.29) is 24.0 Å². The van der Waals surface area contributed by atoms with Gasteiger partial charge in [-0.25, -0.2) is 4.98 Å². The Morgan fingerprint density at radius 2 is 2.00 bits per heavy atom. The van der Waals surface area contributed by atoms with Gasteiger partial charge in [0.2, 0.25) is 0 Å². The lowest BCUT2D eigenvalue weighted by Gasteiger charge is -2.11. The highest BCUT2D eigenvalue weighted by Gasteiger charge is 1.97. The molecule has 0 saturated heterocycles. The average molecular weight is 441 g/mol. The second-order valence-corrected chi connectivity index (χ2v) is 5.43. The van der Waals surface area contributed by atoms with Crippen molar-refractivity contribution in [3.05, 3.63) is 54.6 Å². The van der Waals surface area contributed by atoms with Gasteiger partial charge in [-0.15, -0.1) is 24.0 Å². The van der Waals surface area contributed by atoms with Crippen LogP contribution in [0.15, 0.2) is 54.0 Å². The minimum absolute atomic E-state index is 0. The van der Waals surface area contributed by atoms with E-state index in [9.17, 15) is 0 Å². The monoisotopic (exact) mass is 441 g/mol. The van der Waals surface area contributed by atoms with Crippen molar-refractivity contribution in [3.63, 3.8) is 0 Å². The van der Waals surface area contributed by atoms with Crippen molar-refractivity contribution in [3.8, 4) is 0 Å². The van der Waals surface area contributed by atoms with Gasteiger partial charge in [-0.1, -0.05) is 30.3 Å². The molecule has 1 aromatic heterocycles. The van der Waals surface area contributed by atoms with Gasteiger partial charge in [-0.2, -0.15) is 0 Å². The number of aryl methyl sites for hydroxylation is 2. The van der Waals surface area contributed by atoms with Crippen molar-refractivity contribution in [2.75, 3.05) is 19.6 Å². The quantitative estimate of drug-likeness (QED) is 0.272. The Hall–Kier alpha value is -1.57. The lowest BCUT2D eigenvalue weighted by Crippen LogP contribution is -2.38. The van der Waals surface area contributed by atoms with Gasteiger partial charge in [0.15, 0.2) is 5.96 Å². The summed E-state index contributed by atoms with van der Waals surface area (Å²) >= 11 is 0. The lowest BCUT2D eigenvalue weighted by molar-refractivity contribution is 0.646. The number of nitrogens with one attached hydrogen (secondary N) is 2. The largest absolute Gasteiger partial charge is 0.357 e. The van der Waals surface area contributed by atoms with Crippen LogP contribution >= 0.6 is 24.0 Å². The number of aromatic nitrogens is 2. The van der Waals surface area contributed by atoms with Crippen LogP contribution in [0, 0.1) is 0 Å². The molecule has 24 heavy (non-hydrogen) atoms. The molecule has 0 amide bonds. The Morgan fingerprint density at radius 1 is 1.17 bits per heavy atom. The number of benzene rings is 1. The van der Waals surface area contributed by atoms with E-state index in [4.69, 9.17) is 0 Å². The molecule has 2 N–H and O–H groups in total. The van der Waals surface area contributed by atoms with E-state index in [0.29, 0.717) is 0 Å². The van der Waals surface area contributed by atoms with Crippen molar-refractivity contribution in [2.45, 2.75) is 32.7 Å². The molecule has 5 nitrogen and oxygen atoms in total. The molecular weight excluding hydrogens is 413 g/mol. The number of nitrogens with zero attached hydrogens (tertiary/aromatic N) is 3. The van der Waals surface area contributed by atoms with Gasteiger partial charge in [0, 0.05) is 38.6 Å². The van der Waals surface area contributed by atoms with Gasteiger partial charge >= 0.3 is 0 Å². The summed E-state index contributed by atoms with van der Waals surface area (Å²) in [6, 6.07) is 10.6. The van der Waals surface area contributed by atoms with Crippen molar-refractivity contribution in [2.24, 2.45) is 4.99 Å². The van der Waals surface area contributed by atoms with Gasteiger partial charge in [0.1, 0.15) is 0 Å². The average Bonchev–Trinajstić information content (AvgIpc) is 3.10. The molecule has 0 bridgehead atoms. The minimum Gasteiger partial charge on any atom is -0.357 e. The molecule has 0 atom stereocenters. The third-order valence-electron chi connectivity index (χ3n) is 3.53. The van der Waals surface area contributed by atoms with E-state index in [1.165, 1.54) is 5.56 Å². The minimum atomic E-state index is 0. The first-order valence-corrected chi connectivity index (χ1v) is 8.40. The SMILES string of the molecule is CCNC(=NCCCn1ccnc1)NCCCc1ccccc1.I. The molecule has 0 radical (unpaired) electrons. The zero-order valence-corrected chi connectivity index (χ0v) is 16.6. The van der Waals surface area contributed by atoms with Crippen molar-refractivity contribution in [1.82, 2.24) is 20.2 Å². The molecule has 0 aliphatic rings. The Labute approximate surface area is 162 Å². The third kappa shape index (κ3) is 8.33. The summed E-state index contributed by atoms with van der Waals surface area (Å²) in [5, 5.41) is 6.70. The summed E-state index contributed by atoms with van der Waals surface area (Å²) < 4.78 is 2.08. The van der Waals surface area contributed by atoms with Gasteiger partial charge in [-0.3, -0.25) is 4.99 Å². The third-order valence-corrected chi connectivity index (χ3v) is 3.53. The Bertz CT molecular complexity index is 554. The number of rotatable bonds is 9. The fraction of sp³-hybridized carbons (Fsp3) is 0.444. The van der Waals surface area contributed by atoms with E-state index in [0.717, 1.165) is 51.4 Å². The summed E-state index contributed by atoms with van der Waals surface area (Å²) in [5.74, 6) is 0.909. The highest BCUT2D eigenvalue weighted by atomic mass is 127. The predicted molar refractivity (Wildman–Crippen MR) is 111 cm³/mol. The van der Waals surface area contributed by atoms with Crippen LogP contribution in [-0.2, 0) is 13.0 Å². The normalized spacial score (nSPS) is 11.0. The number of hydrogen-bond donors (Lipinski definition) is 2. The predicted octanol–water partition coefficient (Wildman–Crippen LogP) is 3.08. The summed E-state index contributed by atoms with van der Waals surface area (Å²) in [4.78, 5) is 8.66. The molecule has 1 aromatic carbocycles. The van der Waals surface area contributed by atoms with Gasteiger partial charge in [0.25, 0.3) is 0 Å². The summed E-state index contributed by atoms with van der Waals surface area (Å²) in [5.41, 5.74) is 1.39. The summed E-state index contributed by atoms with van der Waals surface area (Å²) in [6.45, 7) is 5.67. The summed E-state index contributed by atoms with van der Waals surface area (Å²) in [6.07, 6.45) is 8.84. The van der Waals surface area contributed by atoms with Crippen LogP contribution in [0.25, 0.3) is 0 Å². The molecule has 132 valence electrons. The summed E-state index contributed by atoms with van der Waals surface area (Å²) in [7, 11) is 0. The van der Waals surface area contributed by atoms with Crippen molar-refractivity contribution < 1.29 is 0 Å². The van der Waals surface area contributed by atoms with Gasteiger partial charge in [0.05, 0.1) is 6.33 Å². The maximum atomic E-state index is 4.62. The van der Waals surface area contributed by atoms with Crippen LogP contribution in [0.4, 0.5) is 0 Å². The zero-order chi connectivity index (χ0) is 16.2. The van der Waals surface area contributed by atoms with E-state index in [1.807, 2.05) is 18.7 Å². The van der Waals surface area contributed by atoms with E-state index in [1.54, 1.807) is 0 Å². The van der Waals surface area contributed by atoms with Gasteiger partial charge in [-0.05, 0) is 31.7 Å². The highest BCUT2D eigenvalue weighted by molar-refractivity contribution is 14.0. The van der Waals surface area contributed by atoms with Crippen LogP contribution < -0.4 is 10.6 Å². The van der Waals surface area contributed by atoms with E-state index < -0.39 is 0 Å². The number of hydrogen-bond acceptors (Lipinski definition) is 2. The van der Waals surface area contributed by atoms with Crippen molar-refractivity contribution in [1.29, 1.82) is 0 Å². The fourth-order valence-corrected chi connectivity index (χ4v) is 2.35. The first-order valence-electron chi connectivity index (χ1n) is 8.40. The molecule has 0 saturated carbocycles. The first-order chi connectivity index (χ1) is 11.4. The molecule has 0 fully saturated rings. The smallest absolute Gasteiger partial charge is 0.191 e. The molecule has 0 spiro atoms. The molecule has 0 unspecified atom stereocenters. The maximum Gasteiger partial charge on any atom is 0.191 e. The first kappa shape index (κ1) is 20.5. The van der Waals surface area contributed by atoms with E-state index in [2.05, 4.69) is 62.4 Å². The van der Waals surface area contributed by atoms with Crippen LogP contribution in [-0.4, -0.2) is 35.1 Å². The van der Waals surface area contributed by atoms with Crippen LogP contribution in [0.1, 0.15) is 25.3 Å². The lowest BCUT2D eigenvalue weighted by atomic mass is 10.1. The fourth-order valence-electron chi connectivity index (χ4n) is 2.35. The van der Waals surface area contributed by atoms with Crippen LogP contribution in [0.5, 0.6) is 0 Å². The van der Waals surface area contributed by atoms with Crippen molar-refractivity contribution >= 4 is 29.9 Å². The zero-order valence-electron chi connectivity index (χ0n) is 14.3. The highest BCUT2D eigenvalue weighted by Crippen LogP contribution is 2.01. The Kier molecular flexibility index (Phi) is 10.9. The molecule has 2 aromatic rings. The Balaban J connectivity index is 0.00000288. The number of aliphatic imine (C=N–C) groups is 1. The Morgan fingerprint density at radius 3 is 2.71 bits per heavy atom. The molecule has 1 heterocycles. The molecule has 6 heteroatoms. The number of guanidine groups is 1. The topological polar surface area (TPSA) is 54.2 Å².